The van der Waals surface area contributed by atoms with Gasteiger partial charge >= 0.3 is 0 Å². The maximum absolute atomic E-state index is 5.73. The third-order valence-corrected chi connectivity index (χ3v) is 3.59. The molecular weight excluding hydrogens is 252 g/mol. The predicted molar refractivity (Wildman–Crippen MR) is 81.6 cm³/mol. The Bertz CT molecular complexity index is 377. The fourth-order valence-electron chi connectivity index (χ4n) is 2.30. The highest BCUT2D eigenvalue weighted by Crippen LogP contribution is 2.28. The first-order chi connectivity index (χ1) is 9.79. The lowest BCUT2D eigenvalue weighted by Crippen LogP contribution is -2.27. The summed E-state index contributed by atoms with van der Waals surface area (Å²) in [6.07, 6.45) is 3.74. The van der Waals surface area contributed by atoms with Gasteiger partial charge < -0.3 is 15.2 Å². The summed E-state index contributed by atoms with van der Waals surface area (Å²) in [4.78, 5) is 2.56. The lowest BCUT2D eigenvalue weighted by molar-refractivity contribution is 0.0644. The minimum absolute atomic E-state index is 0.678. The first kappa shape index (κ1) is 15.3. The van der Waals surface area contributed by atoms with Crippen LogP contribution < -0.4 is 5.73 Å². The first-order valence-electron chi connectivity index (χ1n) is 7.45. The van der Waals surface area contributed by atoms with Gasteiger partial charge in [0.1, 0.15) is 0 Å². The molecule has 0 saturated heterocycles. The molecule has 112 valence electrons. The summed E-state index contributed by atoms with van der Waals surface area (Å²) in [5.74, 6) is 0. The monoisotopic (exact) mass is 278 g/mol. The van der Waals surface area contributed by atoms with Gasteiger partial charge in [-0.25, -0.2) is 0 Å². The average molecular weight is 278 g/mol. The molecule has 0 aromatic heterocycles. The molecule has 0 bridgehead atoms. The van der Waals surface area contributed by atoms with Crippen molar-refractivity contribution in [3.05, 3.63) is 29.8 Å². The van der Waals surface area contributed by atoms with Gasteiger partial charge in [0.2, 0.25) is 0 Å². The zero-order valence-corrected chi connectivity index (χ0v) is 12.4. The Morgan fingerprint density at radius 3 is 2.55 bits per heavy atom. The van der Waals surface area contributed by atoms with Crippen LogP contribution in [-0.2, 0) is 16.0 Å². The molecule has 1 aromatic carbocycles. The second-order valence-electron chi connectivity index (χ2n) is 5.40. The van der Waals surface area contributed by atoms with Crippen molar-refractivity contribution in [1.82, 2.24) is 4.90 Å². The number of methoxy groups -OCH3 is 1. The molecule has 1 saturated carbocycles. The van der Waals surface area contributed by atoms with Crippen molar-refractivity contribution in [3.8, 4) is 0 Å². The summed E-state index contributed by atoms with van der Waals surface area (Å²) in [6.45, 7) is 4.30. The van der Waals surface area contributed by atoms with E-state index in [1.54, 1.807) is 7.11 Å². The summed E-state index contributed by atoms with van der Waals surface area (Å²) in [7, 11) is 1.70. The van der Waals surface area contributed by atoms with Crippen molar-refractivity contribution in [3.63, 3.8) is 0 Å². The van der Waals surface area contributed by atoms with E-state index in [9.17, 15) is 0 Å². The van der Waals surface area contributed by atoms with Gasteiger partial charge in [0.05, 0.1) is 13.2 Å². The number of nitrogens with two attached hydrogens (primary N) is 1. The molecular formula is C16H26N2O2. The molecule has 0 spiro atoms. The van der Waals surface area contributed by atoms with Crippen LogP contribution in [0, 0.1) is 0 Å². The largest absolute Gasteiger partial charge is 0.399 e. The lowest BCUT2D eigenvalue weighted by atomic mass is 10.2. The Hall–Kier alpha value is -1.10. The maximum atomic E-state index is 5.73. The smallest absolute Gasteiger partial charge is 0.0700 e. The first-order valence-corrected chi connectivity index (χ1v) is 7.45. The minimum atomic E-state index is 0.678. The average Bonchev–Trinajstić information content (AvgIpc) is 3.28. The van der Waals surface area contributed by atoms with Gasteiger partial charge in [-0.3, -0.25) is 4.90 Å². The van der Waals surface area contributed by atoms with Gasteiger partial charge in [0.15, 0.2) is 0 Å². The Kier molecular flexibility index (Phi) is 6.30. The van der Waals surface area contributed by atoms with Crippen molar-refractivity contribution >= 4 is 5.69 Å². The van der Waals surface area contributed by atoms with Gasteiger partial charge in [-0.05, 0) is 37.0 Å². The fraction of sp³-hybridized carbons (Fsp3) is 0.625. The van der Waals surface area contributed by atoms with Crippen LogP contribution in [0.3, 0.4) is 0 Å². The highest BCUT2D eigenvalue weighted by atomic mass is 16.5. The Morgan fingerprint density at radius 2 is 1.90 bits per heavy atom. The van der Waals surface area contributed by atoms with Crippen LogP contribution in [0.4, 0.5) is 5.69 Å². The quantitative estimate of drug-likeness (QED) is 0.527. The normalized spacial score (nSPS) is 14.9. The van der Waals surface area contributed by atoms with Crippen LogP contribution >= 0.6 is 0 Å². The van der Waals surface area contributed by atoms with Gasteiger partial charge in [-0.2, -0.15) is 0 Å². The summed E-state index contributed by atoms with van der Waals surface area (Å²) < 4.78 is 10.5. The summed E-state index contributed by atoms with van der Waals surface area (Å²) in [5.41, 5.74) is 7.90. The van der Waals surface area contributed by atoms with Crippen LogP contribution in [0.2, 0.25) is 0 Å². The number of nitrogen functional groups attached to an aromatic ring is 1. The van der Waals surface area contributed by atoms with E-state index in [1.807, 2.05) is 12.1 Å². The third-order valence-electron chi connectivity index (χ3n) is 3.59. The van der Waals surface area contributed by atoms with E-state index in [-0.39, 0.29) is 0 Å². The Labute approximate surface area is 121 Å². The number of anilines is 1. The SMILES string of the molecule is COCCOCCCN(Cc1ccc(N)cc1)C1CC1. The molecule has 1 aromatic rings. The Morgan fingerprint density at radius 1 is 1.15 bits per heavy atom. The highest BCUT2D eigenvalue weighted by molar-refractivity contribution is 5.39. The van der Waals surface area contributed by atoms with Crippen LogP contribution in [0.25, 0.3) is 0 Å². The number of ether oxygens (including phenoxy) is 2. The van der Waals surface area contributed by atoms with Gasteiger partial charge in [-0.15, -0.1) is 0 Å². The van der Waals surface area contributed by atoms with Crippen molar-refractivity contribution in [1.29, 1.82) is 0 Å². The van der Waals surface area contributed by atoms with E-state index in [0.717, 1.165) is 37.8 Å². The molecule has 0 heterocycles. The predicted octanol–water partition coefficient (Wildman–Crippen LogP) is 2.29. The third kappa shape index (κ3) is 5.49. The lowest BCUT2D eigenvalue weighted by Gasteiger charge is -2.22. The standard InChI is InChI=1S/C16H26N2O2/c1-19-11-12-20-10-2-9-18(16-7-8-16)13-14-3-5-15(17)6-4-14/h3-6,16H,2,7-13,17H2,1H3. The molecule has 0 unspecified atom stereocenters. The highest BCUT2D eigenvalue weighted by Gasteiger charge is 2.28. The molecule has 0 amide bonds. The summed E-state index contributed by atoms with van der Waals surface area (Å²) in [5, 5.41) is 0. The van der Waals surface area contributed by atoms with Crippen LogP contribution in [0.15, 0.2) is 24.3 Å². The Balaban J connectivity index is 1.69. The van der Waals surface area contributed by atoms with Crippen LogP contribution in [0.1, 0.15) is 24.8 Å². The second-order valence-corrected chi connectivity index (χ2v) is 5.40. The topological polar surface area (TPSA) is 47.7 Å². The van der Waals surface area contributed by atoms with E-state index in [4.69, 9.17) is 15.2 Å². The van der Waals surface area contributed by atoms with Crippen molar-refractivity contribution in [2.24, 2.45) is 0 Å². The van der Waals surface area contributed by atoms with Gasteiger partial charge in [0, 0.05) is 38.5 Å². The number of hydrogen-bond donors (Lipinski definition) is 1. The van der Waals surface area contributed by atoms with E-state index in [2.05, 4.69) is 17.0 Å². The van der Waals surface area contributed by atoms with Gasteiger partial charge in [0.25, 0.3) is 0 Å². The zero-order valence-electron chi connectivity index (χ0n) is 12.4. The maximum Gasteiger partial charge on any atom is 0.0700 e. The van der Waals surface area contributed by atoms with E-state index >= 15 is 0 Å². The number of hydrogen-bond acceptors (Lipinski definition) is 4. The molecule has 20 heavy (non-hydrogen) atoms. The van der Waals surface area contributed by atoms with E-state index < -0.39 is 0 Å². The molecule has 2 rings (SSSR count). The molecule has 4 heteroatoms. The van der Waals surface area contributed by atoms with Crippen LogP contribution in [-0.4, -0.2) is 44.4 Å². The molecule has 2 N–H and O–H groups in total. The fourth-order valence-corrected chi connectivity index (χ4v) is 2.30. The molecule has 0 atom stereocenters. The van der Waals surface area contributed by atoms with E-state index in [1.165, 1.54) is 18.4 Å². The number of rotatable bonds is 10. The molecule has 1 aliphatic carbocycles. The van der Waals surface area contributed by atoms with Gasteiger partial charge in [-0.1, -0.05) is 12.1 Å². The molecule has 1 aliphatic rings. The van der Waals surface area contributed by atoms with Crippen molar-refractivity contribution < 1.29 is 9.47 Å². The van der Waals surface area contributed by atoms with Crippen LogP contribution in [0.5, 0.6) is 0 Å². The van der Waals surface area contributed by atoms with Crippen molar-refractivity contribution in [2.75, 3.05) is 39.2 Å². The molecule has 0 radical (unpaired) electrons. The number of benzene rings is 1. The molecule has 1 fully saturated rings. The second kappa shape index (κ2) is 8.25. The minimum Gasteiger partial charge on any atom is -0.399 e. The summed E-state index contributed by atoms with van der Waals surface area (Å²) in [6, 6.07) is 8.98. The zero-order chi connectivity index (χ0) is 14.2. The molecule has 4 nitrogen and oxygen atoms in total. The summed E-state index contributed by atoms with van der Waals surface area (Å²) >= 11 is 0. The van der Waals surface area contributed by atoms with E-state index in [0.29, 0.717) is 13.2 Å². The molecule has 0 aliphatic heterocycles. The number of nitrogens with zero attached hydrogens (tertiary/aromatic N) is 1. The van der Waals surface area contributed by atoms with Crippen molar-refractivity contribution in [2.45, 2.75) is 31.8 Å².